The predicted molar refractivity (Wildman–Crippen MR) is 134 cm³/mol. The van der Waals surface area contributed by atoms with E-state index < -0.39 is 0 Å². The second-order valence-corrected chi connectivity index (χ2v) is 9.93. The highest BCUT2D eigenvalue weighted by Gasteiger charge is 2.25. The van der Waals surface area contributed by atoms with Gasteiger partial charge in [-0.15, -0.1) is 0 Å². The molecule has 0 aliphatic carbocycles. The third-order valence-electron chi connectivity index (χ3n) is 7.50. The summed E-state index contributed by atoms with van der Waals surface area (Å²) in [4.78, 5) is 32.4. The van der Waals surface area contributed by atoms with Gasteiger partial charge in [-0.1, -0.05) is 12.8 Å². The maximum atomic E-state index is 13.2. The topological polar surface area (TPSA) is 67.3 Å². The van der Waals surface area contributed by atoms with Gasteiger partial charge in [0.05, 0.1) is 13.1 Å². The molecule has 8 heteroatoms. The summed E-state index contributed by atoms with van der Waals surface area (Å²) < 4.78 is 13.1. The van der Waals surface area contributed by atoms with Crippen molar-refractivity contribution in [2.24, 2.45) is 0 Å². The van der Waals surface area contributed by atoms with Crippen LogP contribution in [0.15, 0.2) is 24.3 Å². The van der Waals surface area contributed by atoms with Gasteiger partial charge in [-0.05, 0) is 44.9 Å². The lowest BCUT2D eigenvalue weighted by Gasteiger charge is -2.35. The number of amides is 1. The molecule has 0 radical (unpaired) electrons. The molecule has 5 rings (SSSR count). The lowest BCUT2D eigenvalue weighted by Crippen LogP contribution is -2.51. The molecular weight excluding hydrogens is 444 g/mol. The Morgan fingerprint density at radius 2 is 1.46 bits per heavy atom. The normalized spacial score (nSPS) is 19.1. The molecule has 35 heavy (non-hydrogen) atoms. The Labute approximate surface area is 207 Å². The van der Waals surface area contributed by atoms with Crippen LogP contribution in [-0.4, -0.2) is 90.1 Å². The van der Waals surface area contributed by atoms with Gasteiger partial charge in [0.2, 0.25) is 12.7 Å². The molecule has 0 bridgehead atoms. The first-order valence-corrected chi connectivity index (χ1v) is 12.8. The van der Waals surface area contributed by atoms with Crippen molar-refractivity contribution in [3.05, 3.63) is 41.2 Å². The van der Waals surface area contributed by atoms with Crippen LogP contribution in [-0.2, 0) is 4.79 Å². The highest BCUT2D eigenvalue weighted by molar-refractivity contribution is 5.99. The van der Waals surface area contributed by atoms with Gasteiger partial charge < -0.3 is 18.9 Å². The molecule has 2 saturated heterocycles. The highest BCUT2D eigenvalue weighted by atomic mass is 16.7. The lowest BCUT2D eigenvalue weighted by molar-refractivity contribution is -0.132. The Morgan fingerprint density at radius 3 is 2.17 bits per heavy atom. The van der Waals surface area contributed by atoms with Crippen molar-refractivity contribution >= 4 is 11.7 Å². The van der Waals surface area contributed by atoms with Crippen molar-refractivity contribution in [3.63, 3.8) is 0 Å². The van der Waals surface area contributed by atoms with E-state index in [-0.39, 0.29) is 18.5 Å². The van der Waals surface area contributed by atoms with Crippen LogP contribution in [0, 0.1) is 13.8 Å². The number of hydrogen-bond acceptors (Lipinski definition) is 6. The number of carbonyl (C=O) groups is 2. The molecule has 1 aromatic heterocycles. The van der Waals surface area contributed by atoms with E-state index in [0.29, 0.717) is 13.1 Å². The second-order valence-electron chi connectivity index (χ2n) is 9.93. The Hall–Kier alpha value is -2.84. The monoisotopic (exact) mass is 480 g/mol. The fourth-order valence-electron chi connectivity index (χ4n) is 5.47. The number of ether oxygens (including phenoxy) is 2. The molecule has 8 nitrogen and oxygen atoms in total. The van der Waals surface area contributed by atoms with Gasteiger partial charge in [-0.25, -0.2) is 0 Å². The SMILES string of the molecule is Cc1cc(C(=O)CN2CCN(CC(=O)N3CCCCCC3)CC2)c(C)n1-c1ccc2c(c1)OCO2. The maximum absolute atomic E-state index is 13.2. The standard InChI is InChI=1S/C27H36N4O4/c1-20-15-23(21(2)31(20)22-7-8-25-26(16-22)35-19-34-25)24(32)17-28-11-13-29(14-12-28)18-27(33)30-9-5-3-4-6-10-30/h7-8,15-16H,3-6,9-14,17-19H2,1-2H3. The molecule has 0 N–H and O–H groups in total. The molecule has 1 amide bonds. The molecule has 2 fully saturated rings. The van der Waals surface area contributed by atoms with Crippen LogP contribution in [0.3, 0.4) is 0 Å². The number of fused-ring (bicyclic) bond motifs is 1. The number of hydrogen-bond donors (Lipinski definition) is 0. The third kappa shape index (κ3) is 5.23. The van der Waals surface area contributed by atoms with E-state index in [0.717, 1.165) is 86.2 Å². The van der Waals surface area contributed by atoms with E-state index in [4.69, 9.17) is 9.47 Å². The lowest BCUT2D eigenvalue weighted by atomic mass is 10.1. The third-order valence-corrected chi connectivity index (χ3v) is 7.50. The van der Waals surface area contributed by atoms with Gasteiger partial charge in [0.1, 0.15) is 0 Å². The molecule has 3 aliphatic heterocycles. The van der Waals surface area contributed by atoms with Crippen LogP contribution in [0.5, 0.6) is 11.5 Å². The van der Waals surface area contributed by atoms with Gasteiger partial charge in [0.15, 0.2) is 17.3 Å². The van der Waals surface area contributed by atoms with Crippen molar-refractivity contribution in [2.45, 2.75) is 39.5 Å². The van der Waals surface area contributed by atoms with Crippen LogP contribution >= 0.6 is 0 Å². The van der Waals surface area contributed by atoms with Gasteiger partial charge in [0.25, 0.3) is 0 Å². The molecule has 188 valence electrons. The predicted octanol–water partition coefficient (Wildman–Crippen LogP) is 3.03. The number of ketones is 1. The van der Waals surface area contributed by atoms with Gasteiger partial charge >= 0.3 is 0 Å². The summed E-state index contributed by atoms with van der Waals surface area (Å²) >= 11 is 0. The van der Waals surface area contributed by atoms with Crippen LogP contribution < -0.4 is 9.47 Å². The Bertz CT molecular complexity index is 1080. The molecule has 0 spiro atoms. The molecule has 2 aromatic rings. The van der Waals surface area contributed by atoms with Crippen molar-refractivity contribution < 1.29 is 19.1 Å². The van der Waals surface area contributed by atoms with E-state index in [1.54, 1.807) is 0 Å². The summed E-state index contributed by atoms with van der Waals surface area (Å²) in [7, 11) is 0. The van der Waals surface area contributed by atoms with Crippen LogP contribution in [0.4, 0.5) is 0 Å². The van der Waals surface area contributed by atoms with Crippen LogP contribution in [0.25, 0.3) is 5.69 Å². The largest absolute Gasteiger partial charge is 0.454 e. The average molecular weight is 481 g/mol. The quantitative estimate of drug-likeness (QED) is 0.592. The van der Waals surface area contributed by atoms with E-state index in [9.17, 15) is 9.59 Å². The minimum absolute atomic E-state index is 0.138. The number of aryl methyl sites for hydroxylation is 1. The fraction of sp³-hybridized carbons (Fsp3) is 0.556. The van der Waals surface area contributed by atoms with Gasteiger partial charge in [-0.3, -0.25) is 19.4 Å². The minimum Gasteiger partial charge on any atom is -0.454 e. The summed E-state index contributed by atoms with van der Waals surface area (Å²) in [6.07, 6.45) is 4.71. The first kappa shape index (κ1) is 23.9. The van der Waals surface area contributed by atoms with Crippen molar-refractivity contribution in [2.75, 3.05) is 59.2 Å². The van der Waals surface area contributed by atoms with Gasteiger partial charge in [-0.2, -0.15) is 0 Å². The zero-order chi connectivity index (χ0) is 24.4. The van der Waals surface area contributed by atoms with Crippen molar-refractivity contribution in [1.82, 2.24) is 19.3 Å². The number of nitrogens with zero attached hydrogens (tertiary/aromatic N) is 4. The molecular formula is C27H36N4O4. The first-order valence-electron chi connectivity index (χ1n) is 12.8. The number of likely N-dealkylation sites (tertiary alicyclic amines) is 1. The first-order chi connectivity index (χ1) is 17.0. The summed E-state index contributed by atoms with van der Waals surface area (Å²) in [5, 5.41) is 0. The molecule has 3 aliphatic rings. The summed E-state index contributed by atoms with van der Waals surface area (Å²) in [6.45, 7) is 10.2. The summed E-state index contributed by atoms with van der Waals surface area (Å²) in [5.74, 6) is 1.88. The molecule has 1 aromatic carbocycles. The summed E-state index contributed by atoms with van der Waals surface area (Å²) in [5.41, 5.74) is 3.68. The molecule has 0 atom stereocenters. The zero-order valence-corrected chi connectivity index (χ0v) is 20.9. The maximum Gasteiger partial charge on any atom is 0.236 e. The minimum atomic E-state index is 0.138. The number of carbonyl (C=O) groups excluding carboxylic acids is 2. The number of piperazine rings is 1. The Balaban J connectivity index is 1.17. The number of aromatic nitrogens is 1. The highest BCUT2D eigenvalue weighted by Crippen LogP contribution is 2.35. The zero-order valence-electron chi connectivity index (χ0n) is 20.9. The number of Topliss-reactive ketones (excluding diaryl/α,β-unsaturated/α-hetero) is 1. The Kier molecular flexibility index (Phi) is 7.11. The van der Waals surface area contributed by atoms with E-state index in [2.05, 4.69) is 14.4 Å². The second kappa shape index (κ2) is 10.4. The van der Waals surface area contributed by atoms with E-state index in [1.165, 1.54) is 12.8 Å². The molecule has 0 saturated carbocycles. The number of rotatable bonds is 6. The van der Waals surface area contributed by atoms with E-state index >= 15 is 0 Å². The Morgan fingerprint density at radius 1 is 0.800 bits per heavy atom. The van der Waals surface area contributed by atoms with Crippen LogP contribution in [0.2, 0.25) is 0 Å². The van der Waals surface area contributed by atoms with Gasteiger partial charge in [0, 0.05) is 68.0 Å². The van der Waals surface area contributed by atoms with Crippen molar-refractivity contribution in [1.29, 1.82) is 0 Å². The number of benzene rings is 1. The fourth-order valence-corrected chi connectivity index (χ4v) is 5.47. The average Bonchev–Trinajstić information content (AvgIpc) is 3.31. The van der Waals surface area contributed by atoms with Crippen LogP contribution in [0.1, 0.15) is 47.4 Å². The summed E-state index contributed by atoms with van der Waals surface area (Å²) in [6, 6.07) is 7.85. The van der Waals surface area contributed by atoms with E-state index in [1.807, 2.05) is 43.0 Å². The van der Waals surface area contributed by atoms with Crippen molar-refractivity contribution in [3.8, 4) is 17.2 Å². The smallest absolute Gasteiger partial charge is 0.236 e. The molecule has 0 unspecified atom stereocenters. The molecule has 4 heterocycles.